The van der Waals surface area contributed by atoms with Crippen LogP contribution in [0.4, 0.5) is 0 Å². The zero-order chi connectivity index (χ0) is 13.7. The van der Waals surface area contributed by atoms with Crippen LogP contribution in [0.3, 0.4) is 0 Å². The van der Waals surface area contributed by atoms with E-state index in [2.05, 4.69) is 10.2 Å². The summed E-state index contributed by atoms with van der Waals surface area (Å²) in [6, 6.07) is 0.257. The van der Waals surface area contributed by atoms with Gasteiger partial charge in [-0.2, -0.15) is 0 Å². The van der Waals surface area contributed by atoms with Gasteiger partial charge in [0.1, 0.15) is 0 Å². The molecule has 2 aliphatic heterocycles. The summed E-state index contributed by atoms with van der Waals surface area (Å²) >= 11 is 0. The Morgan fingerprint density at radius 1 is 1.32 bits per heavy atom. The molecule has 2 aliphatic rings. The fraction of sp³-hybridized carbons (Fsp3) is 1.00. The fourth-order valence-corrected chi connectivity index (χ4v) is 3.45. The van der Waals surface area contributed by atoms with Crippen LogP contribution in [-0.2, 0) is 0 Å². The highest BCUT2D eigenvalue weighted by Gasteiger charge is 2.31. The van der Waals surface area contributed by atoms with Crippen molar-refractivity contribution in [3.8, 4) is 0 Å². The molecular formula is C13H28BN3O2. The Labute approximate surface area is 116 Å². The summed E-state index contributed by atoms with van der Waals surface area (Å²) in [5.74, 6) is 1.30. The first kappa shape index (κ1) is 15.3. The Morgan fingerprint density at radius 2 is 2.16 bits per heavy atom. The highest BCUT2D eigenvalue weighted by Crippen LogP contribution is 2.23. The zero-order valence-corrected chi connectivity index (χ0v) is 11.8. The third kappa shape index (κ3) is 5.04. The Hall–Kier alpha value is -0.135. The highest BCUT2D eigenvalue weighted by atomic mass is 16.4. The van der Waals surface area contributed by atoms with Gasteiger partial charge in [-0.3, -0.25) is 0 Å². The average molecular weight is 269 g/mol. The van der Waals surface area contributed by atoms with Crippen molar-refractivity contribution in [1.29, 1.82) is 0 Å². The van der Waals surface area contributed by atoms with E-state index in [1.54, 1.807) is 0 Å². The van der Waals surface area contributed by atoms with Gasteiger partial charge in [-0.05, 0) is 50.5 Å². The SMILES string of the molecule is N[C@H]1CN(CC2CCCNC2)C[C@@H]1CCCB(O)O. The molecule has 5 N–H and O–H groups in total. The van der Waals surface area contributed by atoms with Crippen molar-refractivity contribution in [3.63, 3.8) is 0 Å². The number of hydrogen-bond acceptors (Lipinski definition) is 5. The highest BCUT2D eigenvalue weighted by molar-refractivity contribution is 6.40. The minimum absolute atomic E-state index is 0.257. The van der Waals surface area contributed by atoms with Crippen LogP contribution in [0.5, 0.6) is 0 Å². The van der Waals surface area contributed by atoms with E-state index in [0.717, 1.165) is 38.4 Å². The maximum Gasteiger partial charge on any atom is 0.451 e. The molecule has 0 aromatic heterocycles. The summed E-state index contributed by atoms with van der Waals surface area (Å²) in [5, 5.41) is 21.2. The maximum atomic E-state index is 8.87. The average Bonchev–Trinajstić information content (AvgIpc) is 2.70. The van der Waals surface area contributed by atoms with Gasteiger partial charge in [0.2, 0.25) is 0 Å². The van der Waals surface area contributed by atoms with E-state index >= 15 is 0 Å². The largest absolute Gasteiger partial charge is 0.451 e. The van der Waals surface area contributed by atoms with Crippen molar-refractivity contribution in [2.24, 2.45) is 17.6 Å². The van der Waals surface area contributed by atoms with Crippen LogP contribution in [0.1, 0.15) is 25.7 Å². The molecule has 19 heavy (non-hydrogen) atoms. The number of rotatable bonds is 6. The third-order valence-corrected chi connectivity index (χ3v) is 4.52. The van der Waals surface area contributed by atoms with Gasteiger partial charge in [0.15, 0.2) is 0 Å². The van der Waals surface area contributed by atoms with Crippen molar-refractivity contribution >= 4 is 7.12 Å². The van der Waals surface area contributed by atoms with Crippen molar-refractivity contribution < 1.29 is 10.0 Å². The summed E-state index contributed by atoms with van der Waals surface area (Å²) in [7, 11) is -1.16. The van der Waals surface area contributed by atoms with Gasteiger partial charge in [0.05, 0.1) is 0 Å². The van der Waals surface area contributed by atoms with Crippen LogP contribution in [0.2, 0.25) is 6.32 Å². The van der Waals surface area contributed by atoms with Gasteiger partial charge >= 0.3 is 7.12 Å². The number of nitrogens with two attached hydrogens (primary N) is 1. The Bertz CT molecular complexity index is 262. The molecule has 0 aromatic carbocycles. The number of piperidine rings is 1. The number of hydrogen-bond donors (Lipinski definition) is 4. The van der Waals surface area contributed by atoms with Crippen LogP contribution in [0.15, 0.2) is 0 Å². The summed E-state index contributed by atoms with van der Waals surface area (Å²) in [6.45, 7) is 5.57. The standard InChI is InChI=1S/C13H28BN3O2/c15-13-10-17(8-11-3-2-6-16-7-11)9-12(13)4-1-5-14(18)19/h11-13,16,18-19H,1-10,15H2/t11?,12-,13-/m0/s1. The molecule has 2 fully saturated rings. The quantitative estimate of drug-likeness (QED) is 0.489. The summed E-state index contributed by atoms with van der Waals surface area (Å²) in [5.41, 5.74) is 6.21. The molecule has 0 amide bonds. The van der Waals surface area contributed by atoms with E-state index < -0.39 is 7.12 Å². The second-order valence-corrected chi connectivity index (χ2v) is 6.27. The van der Waals surface area contributed by atoms with Crippen molar-refractivity contribution in [2.45, 2.75) is 38.0 Å². The molecule has 2 heterocycles. The van der Waals surface area contributed by atoms with Crippen LogP contribution in [-0.4, -0.2) is 60.8 Å². The van der Waals surface area contributed by atoms with Crippen molar-refractivity contribution in [2.75, 3.05) is 32.7 Å². The molecule has 0 aromatic rings. The molecule has 3 atom stereocenters. The van der Waals surface area contributed by atoms with E-state index in [0.29, 0.717) is 12.2 Å². The molecule has 0 radical (unpaired) electrons. The Balaban J connectivity index is 1.67. The molecule has 6 heteroatoms. The van der Waals surface area contributed by atoms with Gasteiger partial charge in [0, 0.05) is 25.7 Å². The first-order valence-electron chi connectivity index (χ1n) is 7.70. The lowest BCUT2D eigenvalue weighted by molar-refractivity contribution is 0.235. The van der Waals surface area contributed by atoms with Gasteiger partial charge in [0.25, 0.3) is 0 Å². The topological polar surface area (TPSA) is 81.8 Å². The van der Waals surface area contributed by atoms with Crippen LogP contribution >= 0.6 is 0 Å². The number of likely N-dealkylation sites (tertiary alicyclic amines) is 1. The Kier molecular flexibility index (Phi) is 6.10. The smallest absolute Gasteiger partial charge is 0.427 e. The number of nitrogens with zero attached hydrogens (tertiary/aromatic N) is 1. The lowest BCUT2D eigenvalue weighted by Crippen LogP contribution is -2.38. The summed E-state index contributed by atoms with van der Waals surface area (Å²) in [6.07, 6.45) is 4.96. The van der Waals surface area contributed by atoms with E-state index in [1.165, 1.54) is 25.9 Å². The molecule has 0 aliphatic carbocycles. The molecule has 0 bridgehead atoms. The van der Waals surface area contributed by atoms with E-state index in [-0.39, 0.29) is 6.04 Å². The second-order valence-electron chi connectivity index (χ2n) is 6.27. The lowest BCUT2D eigenvalue weighted by atomic mass is 9.82. The third-order valence-electron chi connectivity index (χ3n) is 4.52. The molecule has 0 saturated carbocycles. The van der Waals surface area contributed by atoms with Gasteiger partial charge < -0.3 is 26.0 Å². The monoisotopic (exact) mass is 269 g/mol. The lowest BCUT2D eigenvalue weighted by Gasteiger charge is -2.27. The van der Waals surface area contributed by atoms with E-state index in [1.807, 2.05) is 0 Å². The maximum absolute atomic E-state index is 8.87. The normalized spacial score (nSPS) is 32.7. The summed E-state index contributed by atoms with van der Waals surface area (Å²) in [4.78, 5) is 2.50. The molecular weight excluding hydrogens is 241 g/mol. The molecule has 0 spiro atoms. The predicted molar refractivity (Wildman–Crippen MR) is 77.7 cm³/mol. The van der Waals surface area contributed by atoms with Crippen LogP contribution < -0.4 is 11.1 Å². The second kappa shape index (κ2) is 7.60. The first-order chi connectivity index (χ1) is 9.15. The molecule has 1 unspecified atom stereocenters. The van der Waals surface area contributed by atoms with Crippen molar-refractivity contribution in [1.82, 2.24) is 10.2 Å². The minimum Gasteiger partial charge on any atom is -0.427 e. The number of nitrogens with one attached hydrogen (secondary N) is 1. The zero-order valence-electron chi connectivity index (χ0n) is 11.8. The first-order valence-corrected chi connectivity index (χ1v) is 7.70. The van der Waals surface area contributed by atoms with Crippen molar-refractivity contribution in [3.05, 3.63) is 0 Å². The van der Waals surface area contributed by atoms with E-state index in [4.69, 9.17) is 15.8 Å². The predicted octanol–water partition coefficient (Wildman–Crippen LogP) is -0.502. The van der Waals surface area contributed by atoms with Gasteiger partial charge in [-0.1, -0.05) is 6.42 Å². The minimum atomic E-state index is -1.16. The Morgan fingerprint density at radius 3 is 2.84 bits per heavy atom. The molecule has 2 rings (SSSR count). The van der Waals surface area contributed by atoms with Crippen LogP contribution in [0, 0.1) is 11.8 Å². The molecule has 5 nitrogen and oxygen atoms in total. The molecule has 110 valence electrons. The fourth-order valence-electron chi connectivity index (χ4n) is 3.45. The van der Waals surface area contributed by atoms with E-state index in [9.17, 15) is 0 Å². The molecule has 2 saturated heterocycles. The van der Waals surface area contributed by atoms with Gasteiger partial charge in [-0.15, -0.1) is 0 Å². The van der Waals surface area contributed by atoms with Crippen LogP contribution in [0.25, 0.3) is 0 Å². The van der Waals surface area contributed by atoms with Gasteiger partial charge in [-0.25, -0.2) is 0 Å². The summed E-state index contributed by atoms with van der Waals surface area (Å²) < 4.78 is 0.